The van der Waals surface area contributed by atoms with Crippen LogP contribution in [-0.2, 0) is 0 Å². The highest BCUT2D eigenvalue weighted by atomic mass is 16.3. The van der Waals surface area contributed by atoms with Crippen LogP contribution in [-0.4, -0.2) is 26.2 Å². The molecule has 1 aromatic heterocycles. The van der Waals surface area contributed by atoms with Crippen LogP contribution in [0.2, 0.25) is 0 Å². The van der Waals surface area contributed by atoms with Crippen LogP contribution in [0, 0.1) is 0 Å². The summed E-state index contributed by atoms with van der Waals surface area (Å²) in [5.74, 6) is 0. The average molecular weight is 338 g/mol. The molecule has 0 aliphatic rings. The first-order valence-electron chi connectivity index (χ1n) is 9.13. The largest absolute Gasteiger partial charge is 0.456 e. The molecule has 0 spiro atoms. The van der Waals surface area contributed by atoms with Crippen LogP contribution in [0.25, 0.3) is 21.9 Å². The second-order valence-corrected chi connectivity index (χ2v) is 6.14. The lowest BCUT2D eigenvalue weighted by atomic mass is 10.1. The molecule has 25 heavy (non-hydrogen) atoms. The first kappa shape index (κ1) is 17.3. The zero-order chi connectivity index (χ0) is 18.0. The molecule has 4 heteroatoms. The molecule has 132 valence electrons. The smallest absolute Gasteiger partial charge is 0.200 e. The van der Waals surface area contributed by atoms with Gasteiger partial charge in [0.1, 0.15) is 11.2 Å². The topological polar surface area (TPSA) is 36.7 Å². The van der Waals surface area contributed by atoms with Gasteiger partial charge < -0.3 is 14.2 Å². The van der Waals surface area contributed by atoms with Crippen LogP contribution in [0.3, 0.4) is 0 Å². The number of benzene rings is 2. The van der Waals surface area contributed by atoms with E-state index < -0.39 is 0 Å². The summed E-state index contributed by atoms with van der Waals surface area (Å²) < 4.78 is 6.13. The third kappa shape index (κ3) is 3.09. The molecule has 0 saturated carbocycles. The fourth-order valence-electron chi connectivity index (χ4n) is 3.40. The standard InChI is InChI=1S/C21H26N2O2/c1-5-22(6-2)15-9-11-17-19(13-15)25-20-14-16(23(7-3)8-4)10-12-18(20)21(17)24/h9-14H,5-8H2,1-4H3. The lowest BCUT2D eigenvalue weighted by Crippen LogP contribution is -2.22. The van der Waals surface area contributed by atoms with Gasteiger partial charge in [0.25, 0.3) is 0 Å². The second-order valence-electron chi connectivity index (χ2n) is 6.14. The molecule has 0 bridgehead atoms. The zero-order valence-electron chi connectivity index (χ0n) is 15.5. The summed E-state index contributed by atoms with van der Waals surface area (Å²) in [7, 11) is 0. The molecular formula is C21H26N2O2. The Hall–Kier alpha value is -2.49. The van der Waals surface area contributed by atoms with Crippen molar-refractivity contribution in [1.82, 2.24) is 0 Å². The predicted molar refractivity (Wildman–Crippen MR) is 107 cm³/mol. The first-order chi connectivity index (χ1) is 12.1. The molecule has 3 rings (SSSR count). The average Bonchev–Trinajstić information content (AvgIpc) is 2.63. The van der Waals surface area contributed by atoms with Gasteiger partial charge in [0.05, 0.1) is 10.8 Å². The van der Waals surface area contributed by atoms with Crippen molar-refractivity contribution in [3.8, 4) is 0 Å². The fraction of sp³-hybridized carbons (Fsp3) is 0.381. The fourth-order valence-corrected chi connectivity index (χ4v) is 3.40. The number of rotatable bonds is 6. The van der Waals surface area contributed by atoms with Crippen molar-refractivity contribution in [2.75, 3.05) is 36.0 Å². The summed E-state index contributed by atoms with van der Waals surface area (Å²) >= 11 is 0. The summed E-state index contributed by atoms with van der Waals surface area (Å²) in [6, 6.07) is 11.7. The normalized spacial score (nSPS) is 11.2. The van der Waals surface area contributed by atoms with E-state index >= 15 is 0 Å². The van der Waals surface area contributed by atoms with Crippen molar-refractivity contribution in [2.24, 2.45) is 0 Å². The van der Waals surface area contributed by atoms with Gasteiger partial charge in [-0.05, 0) is 52.0 Å². The molecule has 0 aliphatic carbocycles. The van der Waals surface area contributed by atoms with Gasteiger partial charge >= 0.3 is 0 Å². The molecule has 2 aromatic carbocycles. The van der Waals surface area contributed by atoms with Gasteiger partial charge in [0.2, 0.25) is 5.43 Å². The van der Waals surface area contributed by atoms with E-state index in [4.69, 9.17) is 4.42 Å². The summed E-state index contributed by atoms with van der Waals surface area (Å²) in [5, 5.41) is 1.28. The third-order valence-corrected chi connectivity index (χ3v) is 4.90. The SMILES string of the molecule is CCN(CC)c1ccc2c(=O)c3ccc(N(CC)CC)cc3oc2c1. The Bertz CT molecular complexity index is 865. The van der Waals surface area contributed by atoms with Crippen LogP contribution >= 0.6 is 0 Å². The van der Waals surface area contributed by atoms with Gasteiger partial charge in [-0.1, -0.05) is 0 Å². The van der Waals surface area contributed by atoms with Crippen LogP contribution in [0.4, 0.5) is 11.4 Å². The zero-order valence-corrected chi connectivity index (χ0v) is 15.5. The van der Waals surface area contributed by atoms with Crippen LogP contribution in [0.5, 0.6) is 0 Å². The number of hydrogen-bond acceptors (Lipinski definition) is 4. The first-order valence-corrected chi connectivity index (χ1v) is 9.13. The molecular weight excluding hydrogens is 312 g/mol. The van der Waals surface area contributed by atoms with Gasteiger partial charge in [-0.15, -0.1) is 0 Å². The van der Waals surface area contributed by atoms with Crippen molar-refractivity contribution in [1.29, 1.82) is 0 Å². The molecule has 0 saturated heterocycles. The van der Waals surface area contributed by atoms with E-state index in [-0.39, 0.29) is 5.43 Å². The van der Waals surface area contributed by atoms with E-state index in [1.165, 1.54) is 0 Å². The van der Waals surface area contributed by atoms with Gasteiger partial charge in [-0.25, -0.2) is 0 Å². The Labute approximate surface area is 148 Å². The van der Waals surface area contributed by atoms with Crippen LogP contribution in [0.1, 0.15) is 27.7 Å². The lowest BCUT2D eigenvalue weighted by Gasteiger charge is -2.22. The predicted octanol–water partition coefficient (Wildman–Crippen LogP) is 4.64. The number of nitrogens with zero attached hydrogens (tertiary/aromatic N) is 2. The Balaban J connectivity index is 2.21. The highest BCUT2D eigenvalue weighted by Gasteiger charge is 2.12. The van der Waals surface area contributed by atoms with Gasteiger partial charge in [0.15, 0.2) is 0 Å². The summed E-state index contributed by atoms with van der Waals surface area (Å²) in [5.41, 5.74) is 3.51. The molecule has 0 amide bonds. The quantitative estimate of drug-likeness (QED) is 0.614. The van der Waals surface area contributed by atoms with E-state index in [9.17, 15) is 4.79 Å². The number of hydrogen-bond donors (Lipinski definition) is 0. The van der Waals surface area contributed by atoms with E-state index in [2.05, 4.69) is 37.5 Å². The van der Waals surface area contributed by atoms with Gasteiger partial charge in [-0.2, -0.15) is 0 Å². The van der Waals surface area contributed by atoms with E-state index in [1.54, 1.807) is 0 Å². The molecule has 0 aliphatic heterocycles. The Morgan fingerprint density at radius 3 is 1.48 bits per heavy atom. The molecule has 0 atom stereocenters. The third-order valence-electron chi connectivity index (χ3n) is 4.90. The second kappa shape index (κ2) is 7.18. The molecule has 3 aromatic rings. The minimum Gasteiger partial charge on any atom is -0.456 e. The van der Waals surface area contributed by atoms with Gasteiger partial charge in [-0.3, -0.25) is 4.79 Å². The molecule has 4 nitrogen and oxygen atoms in total. The molecule has 1 heterocycles. The summed E-state index contributed by atoms with van der Waals surface area (Å²) in [6.07, 6.45) is 0. The van der Waals surface area contributed by atoms with Crippen LogP contribution in [0.15, 0.2) is 45.6 Å². The highest BCUT2D eigenvalue weighted by Crippen LogP contribution is 2.26. The summed E-state index contributed by atoms with van der Waals surface area (Å²) in [4.78, 5) is 17.3. The molecule has 0 unspecified atom stereocenters. The van der Waals surface area contributed by atoms with E-state index in [0.717, 1.165) is 37.6 Å². The lowest BCUT2D eigenvalue weighted by molar-refractivity contribution is 0.659. The maximum atomic E-state index is 12.8. The number of fused-ring (bicyclic) bond motifs is 2. The van der Waals surface area contributed by atoms with Crippen molar-refractivity contribution in [2.45, 2.75) is 27.7 Å². The van der Waals surface area contributed by atoms with Crippen LogP contribution < -0.4 is 15.2 Å². The van der Waals surface area contributed by atoms with Crippen molar-refractivity contribution in [3.63, 3.8) is 0 Å². The maximum absolute atomic E-state index is 12.8. The van der Waals surface area contributed by atoms with Gasteiger partial charge in [0, 0.05) is 49.7 Å². The molecule has 0 N–H and O–H groups in total. The minimum absolute atomic E-state index is 0.0356. The monoisotopic (exact) mass is 338 g/mol. The number of anilines is 2. The maximum Gasteiger partial charge on any atom is 0.200 e. The Morgan fingerprint density at radius 2 is 1.12 bits per heavy atom. The molecule has 0 fully saturated rings. The summed E-state index contributed by atoms with van der Waals surface area (Å²) in [6.45, 7) is 12.2. The van der Waals surface area contributed by atoms with E-state index in [1.807, 2.05) is 36.4 Å². The Kier molecular flexibility index (Phi) is 4.98. The minimum atomic E-state index is 0.0356. The Morgan fingerprint density at radius 1 is 0.720 bits per heavy atom. The van der Waals surface area contributed by atoms with Crippen molar-refractivity contribution >= 4 is 33.3 Å². The van der Waals surface area contributed by atoms with E-state index in [0.29, 0.717) is 21.9 Å². The molecule has 0 radical (unpaired) electrons. The van der Waals surface area contributed by atoms with Crippen molar-refractivity contribution < 1.29 is 4.42 Å². The highest BCUT2D eigenvalue weighted by molar-refractivity contribution is 5.92. The van der Waals surface area contributed by atoms with Crippen molar-refractivity contribution in [3.05, 3.63) is 46.6 Å².